The van der Waals surface area contributed by atoms with Gasteiger partial charge in [-0.1, -0.05) is 0 Å². The standard InChI is InChI=1S/C21H21N5O5S/c27-20-4-3-5-21(28)26(20)14-15-32(29,30)24-16-6-8-17(9-7-16)31-19-11-10-18(22-23-19)25-12-1-2-13-25/h1-2,6-13,24H,3-5,14-15H2. The van der Waals surface area contributed by atoms with Crippen molar-refractivity contribution in [1.29, 1.82) is 0 Å². The van der Waals surface area contributed by atoms with Gasteiger partial charge in [0.25, 0.3) is 0 Å². The number of nitrogens with zero attached hydrogens (tertiary/aromatic N) is 4. The van der Waals surface area contributed by atoms with Crippen LogP contribution in [0.4, 0.5) is 5.69 Å². The lowest BCUT2D eigenvalue weighted by Gasteiger charge is -2.24. The molecule has 0 atom stereocenters. The van der Waals surface area contributed by atoms with Crippen molar-refractivity contribution >= 4 is 27.5 Å². The van der Waals surface area contributed by atoms with E-state index >= 15 is 0 Å². The van der Waals surface area contributed by atoms with Crippen molar-refractivity contribution in [3.05, 3.63) is 60.9 Å². The number of carbonyl (C=O) groups is 2. The molecule has 166 valence electrons. The Morgan fingerprint density at radius 2 is 1.62 bits per heavy atom. The molecule has 0 unspecified atom stereocenters. The number of aromatic nitrogens is 3. The summed E-state index contributed by atoms with van der Waals surface area (Å²) in [6.07, 6.45) is 4.75. The highest BCUT2D eigenvalue weighted by Crippen LogP contribution is 2.22. The molecule has 3 aromatic rings. The monoisotopic (exact) mass is 455 g/mol. The molecule has 4 rings (SSSR count). The number of amides is 2. The number of carbonyl (C=O) groups excluding carboxylic acids is 2. The second-order valence-electron chi connectivity index (χ2n) is 7.16. The molecule has 1 saturated heterocycles. The second kappa shape index (κ2) is 9.18. The zero-order valence-electron chi connectivity index (χ0n) is 17.0. The highest BCUT2D eigenvalue weighted by Gasteiger charge is 2.27. The highest BCUT2D eigenvalue weighted by atomic mass is 32.2. The molecule has 0 aliphatic carbocycles. The fourth-order valence-corrected chi connectivity index (χ4v) is 4.22. The van der Waals surface area contributed by atoms with Crippen molar-refractivity contribution in [2.45, 2.75) is 19.3 Å². The minimum Gasteiger partial charge on any atom is -0.438 e. The van der Waals surface area contributed by atoms with E-state index in [1.54, 1.807) is 36.4 Å². The summed E-state index contributed by atoms with van der Waals surface area (Å²) in [5, 5.41) is 8.13. The van der Waals surface area contributed by atoms with Gasteiger partial charge in [-0.15, -0.1) is 10.2 Å². The normalized spacial score (nSPS) is 14.4. The van der Waals surface area contributed by atoms with Crippen LogP contribution in [0.5, 0.6) is 11.6 Å². The number of likely N-dealkylation sites (tertiary alicyclic amines) is 1. The predicted molar refractivity (Wildman–Crippen MR) is 116 cm³/mol. The summed E-state index contributed by atoms with van der Waals surface area (Å²) < 4.78 is 34.6. The lowest BCUT2D eigenvalue weighted by molar-refractivity contribution is -0.147. The molecule has 1 aliphatic rings. The number of hydrogen-bond acceptors (Lipinski definition) is 7. The van der Waals surface area contributed by atoms with E-state index in [1.165, 1.54) is 0 Å². The van der Waals surface area contributed by atoms with Gasteiger partial charge in [0.2, 0.25) is 27.7 Å². The van der Waals surface area contributed by atoms with E-state index in [4.69, 9.17) is 4.74 Å². The molecule has 1 fully saturated rings. The Labute approximate surface area is 184 Å². The molecule has 0 bridgehead atoms. The minimum absolute atomic E-state index is 0.161. The molecule has 3 heterocycles. The summed E-state index contributed by atoms with van der Waals surface area (Å²) in [5.41, 5.74) is 0.336. The predicted octanol–water partition coefficient (Wildman–Crippen LogP) is 2.34. The highest BCUT2D eigenvalue weighted by molar-refractivity contribution is 7.92. The summed E-state index contributed by atoms with van der Waals surface area (Å²) in [7, 11) is -3.74. The van der Waals surface area contributed by atoms with Crippen LogP contribution >= 0.6 is 0 Å². The number of anilines is 1. The number of benzene rings is 1. The van der Waals surface area contributed by atoms with Gasteiger partial charge in [-0.05, 0) is 48.9 Å². The summed E-state index contributed by atoms with van der Waals surface area (Å²) >= 11 is 0. The summed E-state index contributed by atoms with van der Waals surface area (Å²) in [6.45, 7) is -0.161. The molecule has 1 aliphatic heterocycles. The number of piperidine rings is 1. The molecule has 10 nitrogen and oxygen atoms in total. The van der Waals surface area contributed by atoms with E-state index in [0.29, 0.717) is 29.6 Å². The first-order valence-electron chi connectivity index (χ1n) is 9.98. The van der Waals surface area contributed by atoms with Crippen LogP contribution in [-0.4, -0.2) is 52.2 Å². The third kappa shape index (κ3) is 5.30. The lowest BCUT2D eigenvalue weighted by atomic mass is 10.1. The molecule has 2 amide bonds. The van der Waals surface area contributed by atoms with Gasteiger partial charge in [0.05, 0.1) is 5.75 Å². The van der Waals surface area contributed by atoms with Crippen molar-refractivity contribution in [1.82, 2.24) is 19.7 Å². The van der Waals surface area contributed by atoms with E-state index in [-0.39, 0.29) is 37.0 Å². The fraction of sp³-hybridized carbons (Fsp3) is 0.238. The van der Waals surface area contributed by atoms with Gasteiger partial charge in [0.1, 0.15) is 5.75 Å². The SMILES string of the molecule is O=C1CCCC(=O)N1CCS(=O)(=O)Nc1ccc(Oc2ccc(-n3cccc3)nn2)cc1. The second-order valence-corrected chi connectivity index (χ2v) is 9.00. The van der Waals surface area contributed by atoms with Gasteiger partial charge in [-0.3, -0.25) is 19.2 Å². The average molecular weight is 455 g/mol. The minimum atomic E-state index is -3.74. The van der Waals surface area contributed by atoms with E-state index < -0.39 is 10.0 Å². The largest absolute Gasteiger partial charge is 0.438 e. The Morgan fingerprint density at radius 1 is 0.938 bits per heavy atom. The van der Waals surface area contributed by atoms with Crippen LogP contribution in [0.25, 0.3) is 5.82 Å². The van der Waals surface area contributed by atoms with Crippen LogP contribution < -0.4 is 9.46 Å². The van der Waals surface area contributed by atoms with Gasteiger partial charge >= 0.3 is 0 Å². The van der Waals surface area contributed by atoms with E-state index in [9.17, 15) is 18.0 Å². The van der Waals surface area contributed by atoms with Gasteiger partial charge < -0.3 is 9.30 Å². The number of ether oxygens (including phenoxy) is 1. The third-order valence-corrected chi connectivity index (χ3v) is 6.08. The topological polar surface area (TPSA) is 123 Å². The lowest BCUT2D eigenvalue weighted by Crippen LogP contribution is -2.43. The van der Waals surface area contributed by atoms with E-state index in [1.807, 2.05) is 29.1 Å². The molecule has 0 saturated carbocycles. The fourth-order valence-electron chi connectivity index (χ4n) is 3.20. The van der Waals surface area contributed by atoms with E-state index in [2.05, 4.69) is 14.9 Å². The number of hydrogen-bond donors (Lipinski definition) is 1. The molecule has 11 heteroatoms. The zero-order valence-corrected chi connectivity index (χ0v) is 17.9. The summed E-state index contributed by atoms with van der Waals surface area (Å²) in [5.74, 6) is 0.377. The van der Waals surface area contributed by atoms with Crippen molar-refractivity contribution in [2.24, 2.45) is 0 Å². The maximum atomic E-state index is 12.3. The Hall–Kier alpha value is -3.73. The molecule has 2 aromatic heterocycles. The van der Waals surface area contributed by atoms with Crippen molar-refractivity contribution in [2.75, 3.05) is 17.0 Å². The molecule has 0 radical (unpaired) electrons. The average Bonchev–Trinajstić information content (AvgIpc) is 3.30. The van der Waals surface area contributed by atoms with Gasteiger partial charge in [0, 0.05) is 43.5 Å². The van der Waals surface area contributed by atoms with Gasteiger partial charge in [-0.25, -0.2) is 8.42 Å². The zero-order chi connectivity index (χ0) is 22.6. The molecule has 1 aromatic carbocycles. The molecule has 32 heavy (non-hydrogen) atoms. The molecular formula is C21H21N5O5S. The molecule has 0 spiro atoms. The summed E-state index contributed by atoms with van der Waals surface area (Å²) in [6, 6.07) is 13.5. The first kappa shape index (κ1) is 21.5. The first-order valence-corrected chi connectivity index (χ1v) is 11.6. The molecule has 1 N–H and O–H groups in total. The number of imide groups is 1. The number of sulfonamides is 1. The van der Waals surface area contributed by atoms with Crippen molar-refractivity contribution in [3.63, 3.8) is 0 Å². The van der Waals surface area contributed by atoms with E-state index in [0.717, 1.165) is 4.90 Å². The first-order chi connectivity index (χ1) is 15.4. The number of nitrogens with one attached hydrogen (secondary N) is 1. The van der Waals surface area contributed by atoms with Gasteiger partial charge in [0.15, 0.2) is 5.82 Å². The van der Waals surface area contributed by atoms with Crippen LogP contribution in [0.1, 0.15) is 19.3 Å². The quantitative estimate of drug-likeness (QED) is 0.517. The Kier molecular flexibility index (Phi) is 6.17. The van der Waals surface area contributed by atoms with Gasteiger partial charge in [-0.2, -0.15) is 0 Å². The van der Waals surface area contributed by atoms with Crippen LogP contribution in [-0.2, 0) is 19.6 Å². The van der Waals surface area contributed by atoms with Crippen molar-refractivity contribution < 1.29 is 22.7 Å². The van der Waals surface area contributed by atoms with Crippen LogP contribution in [0.15, 0.2) is 60.9 Å². The number of rotatable bonds is 8. The van der Waals surface area contributed by atoms with Crippen LogP contribution in [0, 0.1) is 0 Å². The maximum Gasteiger partial charge on any atom is 0.238 e. The van der Waals surface area contributed by atoms with Crippen LogP contribution in [0.2, 0.25) is 0 Å². The smallest absolute Gasteiger partial charge is 0.238 e. The van der Waals surface area contributed by atoms with Crippen molar-refractivity contribution in [3.8, 4) is 17.4 Å². The molecular weight excluding hydrogens is 434 g/mol. The summed E-state index contributed by atoms with van der Waals surface area (Å²) in [4.78, 5) is 24.6. The maximum absolute atomic E-state index is 12.3. The Balaban J connectivity index is 1.33. The van der Waals surface area contributed by atoms with Crippen LogP contribution in [0.3, 0.4) is 0 Å². The third-order valence-electron chi connectivity index (χ3n) is 4.81. The Morgan fingerprint density at radius 3 is 2.25 bits per heavy atom. The Bertz CT molecular complexity index is 1180.